The van der Waals surface area contributed by atoms with E-state index in [4.69, 9.17) is 4.74 Å². The van der Waals surface area contributed by atoms with Gasteiger partial charge in [0.25, 0.3) is 0 Å². The van der Waals surface area contributed by atoms with E-state index in [9.17, 15) is 9.90 Å². The lowest BCUT2D eigenvalue weighted by Crippen LogP contribution is -2.35. The van der Waals surface area contributed by atoms with Gasteiger partial charge in [0.05, 0.1) is 6.10 Å². The van der Waals surface area contributed by atoms with Crippen molar-refractivity contribution in [1.29, 1.82) is 0 Å². The monoisotopic (exact) mass is 289 g/mol. The van der Waals surface area contributed by atoms with Gasteiger partial charge in [-0.25, -0.2) is 0 Å². The highest BCUT2D eigenvalue weighted by Crippen LogP contribution is 2.26. The fraction of sp³-hybridized carbons (Fsp3) is 0.588. The van der Waals surface area contributed by atoms with Gasteiger partial charge >= 0.3 is 5.97 Å². The van der Waals surface area contributed by atoms with Gasteiger partial charge in [0.2, 0.25) is 0 Å². The zero-order chi connectivity index (χ0) is 14.7. The zero-order valence-electron chi connectivity index (χ0n) is 12.3. The third-order valence-electron chi connectivity index (χ3n) is 4.54. The molecule has 2 aliphatic rings. The summed E-state index contributed by atoms with van der Waals surface area (Å²) < 4.78 is 6.02. The third kappa shape index (κ3) is 3.56. The molecule has 1 aromatic rings. The normalized spacial score (nSPS) is 23.5. The van der Waals surface area contributed by atoms with Gasteiger partial charge in [-0.1, -0.05) is 12.1 Å². The van der Waals surface area contributed by atoms with Gasteiger partial charge in [-0.05, 0) is 62.8 Å². The average Bonchev–Trinajstić information content (AvgIpc) is 3.10. The molecule has 1 N–H and O–H groups in total. The minimum absolute atomic E-state index is 0.329. The van der Waals surface area contributed by atoms with Crippen LogP contribution in [0.1, 0.15) is 44.1 Å². The fourth-order valence-electron chi connectivity index (χ4n) is 3.45. The maximum absolute atomic E-state index is 11.2. The van der Waals surface area contributed by atoms with Crippen LogP contribution in [0.4, 0.5) is 0 Å². The van der Waals surface area contributed by atoms with E-state index in [1.165, 1.54) is 12.8 Å². The molecule has 4 heteroatoms. The summed E-state index contributed by atoms with van der Waals surface area (Å²) in [6, 6.07) is 7.80. The van der Waals surface area contributed by atoms with E-state index in [1.54, 1.807) is 0 Å². The molecular formula is C17H23NO3. The molecule has 1 unspecified atom stereocenters. The standard InChI is InChI=1S/C17H23NO3/c19-17(20)16-9-4-10-18(16)12-13-5-3-8-15(11-13)21-14-6-1-2-7-14/h3,5,8,11,14,16H,1-2,4,6-7,9-10,12H2,(H,19,20). The number of rotatable bonds is 5. The summed E-state index contributed by atoms with van der Waals surface area (Å²) in [5.41, 5.74) is 1.14. The number of carboxylic acid groups (broad SMARTS) is 1. The van der Waals surface area contributed by atoms with Gasteiger partial charge in [0.15, 0.2) is 0 Å². The van der Waals surface area contributed by atoms with Gasteiger partial charge in [0.1, 0.15) is 11.8 Å². The van der Waals surface area contributed by atoms with Gasteiger partial charge in [0, 0.05) is 6.54 Å². The third-order valence-corrected chi connectivity index (χ3v) is 4.54. The minimum Gasteiger partial charge on any atom is -0.490 e. The second kappa shape index (κ2) is 6.48. The number of ether oxygens (including phenoxy) is 1. The number of benzene rings is 1. The van der Waals surface area contributed by atoms with Gasteiger partial charge in [-0.2, -0.15) is 0 Å². The Hall–Kier alpha value is -1.55. The van der Waals surface area contributed by atoms with E-state index in [0.29, 0.717) is 12.6 Å². The summed E-state index contributed by atoms with van der Waals surface area (Å²) in [5.74, 6) is 0.219. The molecule has 114 valence electrons. The van der Waals surface area contributed by atoms with Gasteiger partial charge < -0.3 is 9.84 Å². The smallest absolute Gasteiger partial charge is 0.320 e. The molecular weight excluding hydrogens is 266 g/mol. The first-order chi connectivity index (χ1) is 10.2. The van der Waals surface area contributed by atoms with Crippen LogP contribution in [0.15, 0.2) is 24.3 Å². The number of carbonyl (C=O) groups is 1. The molecule has 0 spiro atoms. The molecule has 3 rings (SSSR count). The number of hydrogen-bond donors (Lipinski definition) is 1. The number of likely N-dealkylation sites (tertiary alicyclic amines) is 1. The highest BCUT2D eigenvalue weighted by atomic mass is 16.5. The van der Waals surface area contributed by atoms with E-state index in [0.717, 1.165) is 43.5 Å². The quantitative estimate of drug-likeness (QED) is 0.905. The number of carboxylic acids is 1. The Morgan fingerprint density at radius 3 is 2.81 bits per heavy atom. The largest absolute Gasteiger partial charge is 0.490 e. The van der Waals surface area contributed by atoms with E-state index in [-0.39, 0.29) is 6.04 Å². The first-order valence-corrected chi connectivity index (χ1v) is 7.95. The van der Waals surface area contributed by atoms with Crippen LogP contribution in [-0.2, 0) is 11.3 Å². The molecule has 1 saturated heterocycles. The zero-order valence-corrected chi connectivity index (χ0v) is 12.3. The molecule has 21 heavy (non-hydrogen) atoms. The molecule has 1 atom stereocenters. The number of nitrogens with zero attached hydrogens (tertiary/aromatic N) is 1. The molecule has 0 radical (unpaired) electrons. The topological polar surface area (TPSA) is 49.8 Å². The first kappa shape index (κ1) is 14.4. The van der Waals surface area contributed by atoms with Crippen molar-refractivity contribution in [2.45, 2.75) is 57.2 Å². The SMILES string of the molecule is O=C(O)C1CCCN1Cc1cccc(OC2CCCC2)c1. The molecule has 1 aliphatic heterocycles. The summed E-state index contributed by atoms with van der Waals surface area (Å²) in [5, 5.41) is 9.24. The Labute approximate surface area is 125 Å². The average molecular weight is 289 g/mol. The first-order valence-electron chi connectivity index (χ1n) is 7.95. The van der Waals surface area contributed by atoms with Gasteiger partial charge in [-0.3, -0.25) is 9.69 Å². The molecule has 1 heterocycles. The van der Waals surface area contributed by atoms with Gasteiger partial charge in [-0.15, -0.1) is 0 Å². The second-order valence-corrected chi connectivity index (χ2v) is 6.14. The van der Waals surface area contributed by atoms with Crippen LogP contribution in [0.25, 0.3) is 0 Å². The summed E-state index contributed by atoms with van der Waals surface area (Å²) >= 11 is 0. The Balaban J connectivity index is 1.64. The molecule has 2 fully saturated rings. The van der Waals surface area contributed by atoms with Crippen molar-refractivity contribution in [2.75, 3.05) is 6.54 Å². The van der Waals surface area contributed by atoms with E-state index in [1.807, 2.05) is 12.1 Å². The molecule has 1 aliphatic carbocycles. The maximum atomic E-state index is 11.2. The Morgan fingerprint density at radius 2 is 2.05 bits per heavy atom. The lowest BCUT2D eigenvalue weighted by Gasteiger charge is -2.21. The molecule has 0 aromatic heterocycles. The summed E-state index contributed by atoms with van der Waals surface area (Å²) in [7, 11) is 0. The second-order valence-electron chi connectivity index (χ2n) is 6.14. The molecule has 1 saturated carbocycles. The Morgan fingerprint density at radius 1 is 1.24 bits per heavy atom. The summed E-state index contributed by atoms with van der Waals surface area (Å²) in [4.78, 5) is 13.3. The van der Waals surface area contributed by atoms with E-state index in [2.05, 4.69) is 17.0 Å². The van der Waals surface area contributed by atoms with Crippen LogP contribution in [-0.4, -0.2) is 34.7 Å². The van der Waals surface area contributed by atoms with Crippen molar-refractivity contribution < 1.29 is 14.6 Å². The van der Waals surface area contributed by atoms with E-state index >= 15 is 0 Å². The minimum atomic E-state index is -0.703. The predicted molar refractivity (Wildman–Crippen MR) is 80.4 cm³/mol. The Kier molecular flexibility index (Phi) is 4.44. The van der Waals surface area contributed by atoms with Crippen LogP contribution in [0, 0.1) is 0 Å². The van der Waals surface area contributed by atoms with E-state index < -0.39 is 5.97 Å². The van der Waals surface area contributed by atoms with Crippen LogP contribution < -0.4 is 4.74 Å². The fourth-order valence-corrected chi connectivity index (χ4v) is 3.45. The van der Waals surface area contributed by atoms with Crippen molar-refractivity contribution in [3.8, 4) is 5.75 Å². The predicted octanol–water partition coefficient (Wildman–Crippen LogP) is 3.06. The van der Waals surface area contributed by atoms with Crippen LogP contribution in [0.3, 0.4) is 0 Å². The molecule has 1 aromatic carbocycles. The maximum Gasteiger partial charge on any atom is 0.320 e. The van der Waals surface area contributed by atoms with Crippen LogP contribution in [0.2, 0.25) is 0 Å². The van der Waals surface area contributed by atoms with Crippen LogP contribution >= 0.6 is 0 Å². The lowest BCUT2D eigenvalue weighted by atomic mass is 10.1. The highest BCUT2D eigenvalue weighted by molar-refractivity contribution is 5.73. The highest BCUT2D eigenvalue weighted by Gasteiger charge is 2.30. The van der Waals surface area contributed by atoms with Crippen molar-refractivity contribution in [3.05, 3.63) is 29.8 Å². The molecule has 0 amide bonds. The van der Waals surface area contributed by atoms with Crippen molar-refractivity contribution >= 4 is 5.97 Å². The Bertz CT molecular complexity index is 497. The number of hydrogen-bond acceptors (Lipinski definition) is 3. The lowest BCUT2D eigenvalue weighted by molar-refractivity contribution is -0.142. The molecule has 0 bridgehead atoms. The summed E-state index contributed by atoms with van der Waals surface area (Å²) in [6.45, 7) is 1.56. The van der Waals surface area contributed by atoms with Crippen molar-refractivity contribution in [2.24, 2.45) is 0 Å². The summed E-state index contributed by atoms with van der Waals surface area (Å²) in [6.07, 6.45) is 6.91. The van der Waals surface area contributed by atoms with Crippen molar-refractivity contribution in [3.63, 3.8) is 0 Å². The van der Waals surface area contributed by atoms with Crippen molar-refractivity contribution in [1.82, 2.24) is 4.90 Å². The molecule has 4 nitrogen and oxygen atoms in total. The number of aliphatic carboxylic acids is 1. The van der Waals surface area contributed by atoms with Crippen LogP contribution in [0.5, 0.6) is 5.75 Å².